The molecule has 1 N–H and O–H groups in total. The molecule has 0 radical (unpaired) electrons. The summed E-state index contributed by atoms with van der Waals surface area (Å²) < 4.78 is 0. The van der Waals surface area contributed by atoms with Crippen molar-refractivity contribution in [3.63, 3.8) is 0 Å². The van der Waals surface area contributed by atoms with Crippen molar-refractivity contribution < 1.29 is 4.79 Å². The number of aromatic amines is 1. The highest BCUT2D eigenvalue weighted by Gasteiger charge is 2.20. The fraction of sp³-hybridized carbons (Fsp3) is 0.320. The van der Waals surface area contributed by atoms with Crippen molar-refractivity contribution in [1.29, 1.82) is 0 Å². The van der Waals surface area contributed by atoms with E-state index in [1.54, 1.807) is 0 Å². The van der Waals surface area contributed by atoms with E-state index in [9.17, 15) is 4.79 Å². The van der Waals surface area contributed by atoms with Gasteiger partial charge in [-0.2, -0.15) is 0 Å². The van der Waals surface area contributed by atoms with Crippen molar-refractivity contribution in [3.8, 4) is 22.4 Å². The largest absolute Gasteiger partial charge is 0.352 e. The molecule has 0 saturated heterocycles. The Morgan fingerprint density at radius 1 is 0.852 bits per heavy atom. The van der Waals surface area contributed by atoms with Gasteiger partial charge >= 0.3 is 0 Å². The number of carbonyl (C=O) groups is 1. The normalized spacial score (nSPS) is 15.0. The zero-order valence-electron chi connectivity index (χ0n) is 15.8. The third-order valence-corrected chi connectivity index (χ3v) is 5.77. The molecule has 27 heavy (non-hydrogen) atoms. The molecule has 1 fully saturated rings. The van der Waals surface area contributed by atoms with Crippen LogP contribution in [0.5, 0.6) is 0 Å². The molecule has 0 atom stereocenters. The van der Waals surface area contributed by atoms with E-state index in [0.717, 1.165) is 40.4 Å². The number of benzene rings is 2. The number of rotatable bonds is 6. The summed E-state index contributed by atoms with van der Waals surface area (Å²) in [6.07, 6.45) is 8.26. The van der Waals surface area contributed by atoms with Gasteiger partial charge < -0.3 is 4.98 Å². The lowest BCUT2D eigenvalue weighted by Gasteiger charge is -2.20. The molecule has 0 spiro atoms. The first-order chi connectivity index (χ1) is 13.3. The predicted molar refractivity (Wildman–Crippen MR) is 112 cm³/mol. The fourth-order valence-electron chi connectivity index (χ4n) is 4.23. The molecule has 1 aromatic heterocycles. The Bertz CT molecular complexity index is 873. The average Bonchev–Trinajstić information content (AvgIpc) is 3.20. The van der Waals surface area contributed by atoms with Crippen LogP contribution in [0.3, 0.4) is 0 Å². The maximum absolute atomic E-state index is 13.1. The first-order valence-corrected chi connectivity index (χ1v) is 10.2. The molecule has 1 aliphatic rings. The zero-order valence-corrected chi connectivity index (χ0v) is 15.8. The molecule has 0 amide bonds. The minimum absolute atomic E-state index is 0.238. The van der Waals surface area contributed by atoms with Gasteiger partial charge in [0.1, 0.15) is 0 Å². The number of ketones is 1. The summed E-state index contributed by atoms with van der Waals surface area (Å²) in [6, 6.07) is 22.6. The predicted octanol–water partition coefficient (Wildman–Crippen LogP) is 6.89. The Morgan fingerprint density at radius 3 is 2.15 bits per heavy atom. The van der Waals surface area contributed by atoms with Crippen LogP contribution in [0.15, 0.2) is 66.7 Å². The third kappa shape index (κ3) is 4.21. The molecular weight excluding hydrogens is 330 g/mol. The quantitative estimate of drug-likeness (QED) is 0.479. The van der Waals surface area contributed by atoms with Gasteiger partial charge in [-0.3, -0.25) is 4.79 Å². The summed E-state index contributed by atoms with van der Waals surface area (Å²) in [4.78, 5) is 16.5. The van der Waals surface area contributed by atoms with E-state index >= 15 is 0 Å². The highest BCUT2D eigenvalue weighted by Crippen LogP contribution is 2.32. The fourth-order valence-corrected chi connectivity index (χ4v) is 4.23. The van der Waals surface area contributed by atoms with Gasteiger partial charge in [-0.15, -0.1) is 0 Å². The van der Waals surface area contributed by atoms with Gasteiger partial charge in [0.15, 0.2) is 5.78 Å². The number of aromatic nitrogens is 1. The molecule has 3 aromatic rings. The second kappa shape index (κ2) is 8.39. The molecule has 2 heteroatoms. The standard InChI is InChI=1S/C25H27NO/c27-24(17-16-19-10-4-1-5-11-19)25-22(20-12-6-2-7-13-20)18-23(26-25)21-14-8-3-9-15-21/h2-3,6-9,12-15,18-19,26H,1,4-5,10-11,16-17H2. The summed E-state index contributed by atoms with van der Waals surface area (Å²) in [6.45, 7) is 0. The summed E-state index contributed by atoms with van der Waals surface area (Å²) >= 11 is 0. The van der Waals surface area contributed by atoms with E-state index in [4.69, 9.17) is 0 Å². The second-order valence-corrected chi connectivity index (χ2v) is 7.67. The van der Waals surface area contributed by atoms with Gasteiger partial charge in [0.05, 0.1) is 5.69 Å². The number of hydrogen-bond donors (Lipinski definition) is 1. The topological polar surface area (TPSA) is 32.9 Å². The van der Waals surface area contributed by atoms with Crippen LogP contribution < -0.4 is 0 Å². The number of Topliss-reactive ketones (excluding diaryl/α,β-unsaturated/α-hetero) is 1. The zero-order chi connectivity index (χ0) is 18.5. The second-order valence-electron chi connectivity index (χ2n) is 7.67. The minimum Gasteiger partial charge on any atom is -0.352 e. The molecule has 0 unspecified atom stereocenters. The SMILES string of the molecule is O=C(CCC1CCCCC1)c1[nH]c(-c2ccccc2)cc1-c1ccccc1. The van der Waals surface area contributed by atoms with Crippen LogP contribution in [0, 0.1) is 5.92 Å². The van der Waals surface area contributed by atoms with E-state index in [-0.39, 0.29) is 5.78 Å². The van der Waals surface area contributed by atoms with Crippen molar-refractivity contribution in [3.05, 3.63) is 72.4 Å². The van der Waals surface area contributed by atoms with Gasteiger partial charge in [-0.05, 0) is 29.5 Å². The lowest BCUT2D eigenvalue weighted by atomic mass is 9.85. The first-order valence-electron chi connectivity index (χ1n) is 10.2. The summed E-state index contributed by atoms with van der Waals surface area (Å²) in [5.74, 6) is 0.966. The molecule has 4 rings (SSSR count). The molecule has 1 aliphatic carbocycles. The Labute approximate surface area is 161 Å². The monoisotopic (exact) mass is 357 g/mol. The van der Waals surface area contributed by atoms with Crippen molar-refractivity contribution in [1.82, 2.24) is 4.98 Å². The van der Waals surface area contributed by atoms with Crippen LogP contribution in [0.4, 0.5) is 0 Å². The van der Waals surface area contributed by atoms with Crippen LogP contribution in [-0.4, -0.2) is 10.8 Å². The summed E-state index contributed by atoms with van der Waals surface area (Å²) in [7, 11) is 0. The first kappa shape index (κ1) is 17.8. The van der Waals surface area contributed by atoms with E-state index in [1.807, 2.05) is 36.4 Å². The lowest BCUT2D eigenvalue weighted by Crippen LogP contribution is -2.10. The van der Waals surface area contributed by atoms with E-state index in [0.29, 0.717) is 6.42 Å². The van der Waals surface area contributed by atoms with Crippen molar-refractivity contribution in [2.45, 2.75) is 44.9 Å². The van der Waals surface area contributed by atoms with Crippen molar-refractivity contribution in [2.24, 2.45) is 5.92 Å². The molecular formula is C25H27NO. The van der Waals surface area contributed by atoms with Crippen LogP contribution in [-0.2, 0) is 0 Å². The molecule has 138 valence electrons. The lowest BCUT2D eigenvalue weighted by molar-refractivity contribution is 0.0966. The molecule has 2 nitrogen and oxygen atoms in total. The summed E-state index contributed by atoms with van der Waals surface area (Å²) in [5, 5.41) is 0. The van der Waals surface area contributed by atoms with Crippen LogP contribution in [0.25, 0.3) is 22.4 Å². The van der Waals surface area contributed by atoms with Crippen LogP contribution in [0.1, 0.15) is 55.4 Å². The summed E-state index contributed by atoms with van der Waals surface area (Å²) in [5.41, 5.74) is 4.99. The third-order valence-electron chi connectivity index (χ3n) is 5.77. The Hall–Kier alpha value is -2.61. The van der Waals surface area contributed by atoms with Crippen LogP contribution in [0.2, 0.25) is 0 Å². The van der Waals surface area contributed by atoms with Gasteiger partial charge in [0, 0.05) is 17.7 Å². The molecule has 1 heterocycles. The molecule has 1 saturated carbocycles. The number of nitrogens with one attached hydrogen (secondary N) is 1. The van der Waals surface area contributed by atoms with Crippen LogP contribution >= 0.6 is 0 Å². The van der Waals surface area contributed by atoms with E-state index in [2.05, 4.69) is 35.3 Å². The van der Waals surface area contributed by atoms with Crippen molar-refractivity contribution in [2.75, 3.05) is 0 Å². The number of H-pyrrole nitrogens is 1. The molecule has 0 aliphatic heterocycles. The van der Waals surface area contributed by atoms with Gasteiger partial charge in [0.25, 0.3) is 0 Å². The molecule has 2 aromatic carbocycles. The number of carbonyl (C=O) groups excluding carboxylic acids is 1. The maximum Gasteiger partial charge on any atom is 0.179 e. The Morgan fingerprint density at radius 2 is 1.48 bits per heavy atom. The maximum atomic E-state index is 13.1. The smallest absolute Gasteiger partial charge is 0.179 e. The van der Waals surface area contributed by atoms with Crippen molar-refractivity contribution >= 4 is 5.78 Å². The molecule has 0 bridgehead atoms. The van der Waals surface area contributed by atoms with E-state index < -0.39 is 0 Å². The minimum atomic E-state index is 0.238. The number of hydrogen-bond acceptors (Lipinski definition) is 1. The highest BCUT2D eigenvalue weighted by molar-refractivity contribution is 6.02. The van der Waals surface area contributed by atoms with E-state index in [1.165, 1.54) is 32.1 Å². The Kier molecular flexibility index (Phi) is 5.53. The van der Waals surface area contributed by atoms with Gasteiger partial charge in [-0.1, -0.05) is 92.8 Å². The highest BCUT2D eigenvalue weighted by atomic mass is 16.1. The van der Waals surface area contributed by atoms with Gasteiger partial charge in [0.2, 0.25) is 0 Å². The van der Waals surface area contributed by atoms with Gasteiger partial charge in [-0.25, -0.2) is 0 Å². The Balaban J connectivity index is 1.61. The average molecular weight is 357 g/mol.